The molecule has 0 unspecified atom stereocenters. The van der Waals surface area contributed by atoms with Gasteiger partial charge in [0.15, 0.2) is 0 Å². The van der Waals surface area contributed by atoms with E-state index in [-0.39, 0.29) is 5.91 Å². The van der Waals surface area contributed by atoms with Crippen LogP contribution in [0, 0.1) is 0 Å². The van der Waals surface area contributed by atoms with E-state index in [1.165, 1.54) is 0 Å². The molecule has 2 aromatic carbocycles. The van der Waals surface area contributed by atoms with Crippen LogP contribution in [0.1, 0.15) is 6.42 Å². The maximum Gasteiger partial charge on any atom is 0.225 e. The molecule has 3 N–H and O–H groups in total. The van der Waals surface area contributed by atoms with Gasteiger partial charge >= 0.3 is 0 Å². The standard InChI is InChI=1S/C15H15ClN2OS/c16-13-10-11(17)6-7-14(13)20-9-8-15(19)18-12-4-2-1-3-5-12/h1-7,10H,8-9,17H2,(H,18,19). The zero-order valence-electron chi connectivity index (χ0n) is 10.8. The first-order valence-electron chi connectivity index (χ1n) is 6.18. The van der Waals surface area contributed by atoms with Crippen molar-refractivity contribution in [1.82, 2.24) is 0 Å². The Balaban J connectivity index is 1.79. The van der Waals surface area contributed by atoms with Crippen molar-refractivity contribution in [3.05, 3.63) is 53.6 Å². The second-order valence-corrected chi connectivity index (χ2v) is 5.75. The van der Waals surface area contributed by atoms with Gasteiger partial charge in [0.25, 0.3) is 0 Å². The summed E-state index contributed by atoms with van der Waals surface area (Å²) in [6, 6.07) is 14.8. The molecular formula is C15H15ClN2OS. The van der Waals surface area contributed by atoms with Crippen LogP contribution in [0.15, 0.2) is 53.4 Å². The third-order valence-electron chi connectivity index (χ3n) is 2.60. The van der Waals surface area contributed by atoms with E-state index in [0.29, 0.717) is 22.9 Å². The summed E-state index contributed by atoms with van der Waals surface area (Å²) in [6.45, 7) is 0. The van der Waals surface area contributed by atoms with Gasteiger partial charge in [-0.1, -0.05) is 29.8 Å². The van der Waals surface area contributed by atoms with E-state index in [1.54, 1.807) is 23.9 Å². The van der Waals surface area contributed by atoms with Crippen molar-refractivity contribution in [3.63, 3.8) is 0 Å². The topological polar surface area (TPSA) is 55.1 Å². The van der Waals surface area contributed by atoms with Crippen LogP contribution in [0.3, 0.4) is 0 Å². The SMILES string of the molecule is Nc1ccc(SCCC(=O)Nc2ccccc2)c(Cl)c1. The molecule has 1 amide bonds. The molecule has 0 aliphatic rings. The van der Waals surface area contributed by atoms with Gasteiger partial charge < -0.3 is 11.1 Å². The summed E-state index contributed by atoms with van der Waals surface area (Å²) in [7, 11) is 0. The summed E-state index contributed by atoms with van der Waals surface area (Å²) >= 11 is 7.62. The van der Waals surface area contributed by atoms with Gasteiger partial charge in [0.2, 0.25) is 5.91 Å². The van der Waals surface area contributed by atoms with Gasteiger partial charge in [0.05, 0.1) is 5.02 Å². The van der Waals surface area contributed by atoms with E-state index in [1.807, 2.05) is 36.4 Å². The lowest BCUT2D eigenvalue weighted by atomic mass is 10.3. The highest BCUT2D eigenvalue weighted by molar-refractivity contribution is 7.99. The van der Waals surface area contributed by atoms with E-state index in [9.17, 15) is 4.79 Å². The first-order valence-corrected chi connectivity index (χ1v) is 7.54. The highest BCUT2D eigenvalue weighted by atomic mass is 35.5. The number of carbonyl (C=O) groups excluding carboxylic acids is 1. The van der Waals surface area contributed by atoms with Gasteiger partial charge in [-0.15, -0.1) is 11.8 Å². The average Bonchev–Trinajstić information content (AvgIpc) is 2.42. The van der Waals surface area contributed by atoms with E-state index in [2.05, 4.69) is 5.32 Å². The average molecular weight is 307 g/mol. The van der Waals surface area contributed by atoms with E-state index < -0.39 is 0 Å². The number of para-hydroxylation sites is 1. The van der Waals surface area contributed by atoms with Crippen molar-refractivity contribution in [1.29, 1.82) is 0 Å². The van der Waals surface area contributed by atoms with Crippen molar-refractivity contribution in [3.8, 4) is 0 Å². The van der Waals surface area contributed by atoms with Crippen LogP contribution >= 0.6 is 23.4 Å². The Morgan fingerprint density at radius 1 is 1.20 bits per heavy atom. The molecule has 0 spiro atoms. The molecule has 0 atom stereocenters. The minimum Gasteiger partial charge on any atom is -0.399 e. The number of thioether (sulfide) groups is 1. The number of nitrogens with two attached hydrogens (primary N) is 1. The molecule has 0 saturated heterocycles. The number of hydrogen-bond donors (Lipinski definition) is 2. The Kier molecular flexibility index (Phi) is 5.32. The highest BCUT2D eigenvalue weighted by Gasteiger charge is 2.05. The molecule has 0 fully saturated rings. The van der Waals surface area contributed by atoms with Crippen molar-refractivity contribution in [2.24, 2.45) is 0 Å². The minimum atomic E-state index is -0.00438. The Morgan fingerprint density at radius 2 is 1.95 bits per heavy atom. The zero-order valence-corrected chi connectivity index (χ0v) is 12.4. The predicted octanol–water partition coefficient (Wildman–Crippen LogP) is 4.04. The van der Waals surface area contributed by atoms with Gasteiger partial charge in [-0.2, -0.15) is 0 Å². The Bertz CT molecular complexity index is 590. The van der Waals surface area contributed by atoms with Crippen molar-refractivity contribution >= 4 is 40.6 Å². The molecule has 104 valence electrons. The van der Waals surface area contributed by atoms with Crippen molar-refractivity contribution in [2.45, 2.75) is 11.3 Å². The summed E-state index contributed by atoms with van der Waals surface area (Å²) < 4.78 is 0. The highest BCUT2D eigenvalue weighted by Crippen LogP contribution is 2.29. The van der Waals surface area contributed by atoms with Gasteiger partial charge in [-0.3, -0.25) is 4.79 Å². The third kappa shape index (κ3) is 4.47. The number of anilines is 2. The fraction of sp³-hybridized carbons (Fsp3) is 0.133. The number of halogens is 1. The molecule has 20 heavy (non-hydrogen) atoms. The maximum atomic E-state index is 11.8. The Labute approximate surface area is 127 Å². The molecule has 3 nitrogen and oxygen atoms in total. The lowest BCUT2D eigenvalue weighted by molar-refractivity contribution is -0.115. The van der Waals surface area contributed by atoms with E-state index in [4.69, 9.17) is 17.3 Å². The van der Waals surface area contributed by atoms with Gasteiger partial charge in [-0.05, 0) is 30.3 Å². The fourth-order valence-corrected chi connectivity index (χ4v) is 2.85. The molecule has 0 aromatic heterocycles. The zero-order chi connectivity index (χ0) is 14.4. The number of hydrogen-bond acceptors (Lipinski definition) is 3. The van der Waals surface area contributed by atoms with Crippen LogP contribution in [-0.2, 0) is 4.79 Å². The van der Waals surface area contributed by atoms with Crippen LogP contribution in [0.2, 0.25) is 5.02 Å². The fourth-order valence-electron chi connectivity index (χ4n) is 1.63. The van der Waals surface area contributed by atoms with E-state index >= 15 is 0 Å². The van der Waals surface area contributed by atoms with Crippen LogP contribution in [-0.4, -0.2) is 11.7 Å². The third-order valence-corrected chi connectivity index (χ3v) is 4.10. The monoisotopic (exact) mass is 306 g/mol. The van der Waals surface area contributed by atoms with Crippen LogP contribution in [0.4, 0.5) is 11.4 Å². The predicted molar refractivity (Wildman–Crippen MR) is 86.3 cm³/mol. The largest absolute Gasteiger partial charge is 0.399 e. The number of benzene rings is 2. The van der Waals surface area contributed by atoms with Gasteiger partial charge in [0, 0.05) is 28.4 Å². The first-order chi connectivity index (χ1) is 9.65. The molecule has 0 radical (unpaired) electrons. The number of nitrogen functional groups attached to an aromatic ring is 1. The molecule has 0 heterocycles. The van der Waals surface area contributed by atoms with Crippen molar-refractivity contribution in [2.75, 3.05) is 16.8 Å². The molecule has 2 rings (SSSR count). The smallest absolute Gasteiger partial charge is 0.225 e. The number of nitrogens with one attached hydrogen (secondary N) is 1. The van der Waals surface area contributed by atoms with Crippen LogP contribution < -0.4 is 11.1 Å². The summed E-state index contributed by atoms with van der Waals surface area (Å²) in [5.41, 5.74) is 7.09. The number of amides is 1. The summed E-state index contributed by atoms with van der Waals surface area (Å²) in [5, 5.41) is 3.47. The summed E-state index contributed by atoms with van der Waals surface area (Å²) in [4.78, 5) is 12.7. The molecule has 0 bridgehead atoms. The van der Waals surface area contributed by atoms with Gasteiger partial charge in [-0.25, -0.2) is 0 Å². The Morgan fingerprint density at radius 3 is 2.65 bits per heavy atom. The molecule has 5 heteroatoms. The van der Waals surface area contributed by atoms with Crippen molar-refractivity contribution < 1.29 is 4.79 Å². The second-order valence-electron chi connectivity index (χ2n) is 4.20. The van der Waals surface area contributed by atoms with E-state index in [0.717, 1.165) is 10.6 Å². The molecule has 0 aliphatic heterocycles. The number of rotatable bonds is 5. The summed E-state index contributed by atoms with van der Waals surface area (Å²) in [6.07, 6.45) is 0.431. The first kappa shape index (κ1) is 14.8. The lowest BCUT2D eigenvalue weighted by Gasteiger charge is -2.06. The lowest BCUT2D eigenvalue weighted by Crippen LogP contribution is -2.11. The quantitative estimate of drug-likeness (QED) is 0.647. The molecular weight excluding hydrogens is 292 g/mol. The molecule has 0 aliphatic carbocycles. The van der Waals surface area contributed by atoms with Gasteiger partial charge in [0.1, 0.15) is 0 Å². The normalized spacial score (nSPS) is 10.2. The second kappa shape index (κ2) is 7.22. The number of carbonyl (C=O) groups is 1. The van der Waals surface area contributed by atoms with Crippen LogP contribution in [0.5, 0.6) is 0 Å². The minimum absolute atomic E-state index is 0.00438. The maximum absolute atomic E-state index is 11.8. The summed E-state index contributed by atoms with van der Waals surface area (Å²) in [5.74, 6) is 0.665. The Hall–Kier alpha value is -1.65. The molecule has 2 aromatic rings. The molecule has 0 saturated carbocycles. The van der Waals surface area contributed by atoms with Crippen LogP contribution in [0.25, 0.3) is 0 Å².